The molecule has 0 radical (unpaired) electrons. The molecule has 49 heavy (non-hydrogen) atoms. The molecule has 4 aromatic rings. The number of piperidine rings is 1. The molecule has 1 saturated heterocycles. The maximum absolute atomic E-state index is 13.7. The summed E-state index contributed by atoms with van der Waals surface area (Å²) >= 11 is 6.58. The lowest BCUT2D eigenvalue weighted by Gasteiger charge is -2.28. The lowest BCUT2D eigenvalue weighted by Crippen LogP contribution is -2.48. The van der Waals surface area contributed by atoms with Gasteiger partial charge in [-0.15, -0.1) is 10.2 Å². The Balaban J connectivity index is 1.13. The Morgan fingerprint density at radius 3 is 2.22 bits per heavy atom. The fourth-order valence-electron chi connectivity index (χ4n) is 6.55. The van der Waals surface area contributed by atoms with E-state index in [2.05, 4.69) is 41.9 Å². The Hall–Kier alpha value is -4.65. The number of rotatable bonds is 11. The van der Waals surface area contributed by atoms with E-state index >= 15 is 0 Å². The Kier molecular flexibility index (Phi) is 11.3. The number of amides is 3. The second-order valence-corrected chi connectivity index (χ2v) is 13.3. The molecule has 1 atom stereocenters. The van der Waals surface area contributed by atoms with Crippen LogP contribution in [0.25, 0.3) is 22.5 Å². The van der Waals surface area contributed by atoms with Crippen LogP contribution in [0.4, 0.5) is 5.69 Å². The van der Waals surface area contributed by atoms with Crippen molar-refractivity contribution < 1.29 is 14.4 Å². The van der Waals surface area contributed by atoms with Crippen molar-refractivity contribution in [1.29, 1.82) is 0 Å². The van der Waals surface area contributed by atoms with Gasteiger partial charge in [0.15, 0.2) is 0 Å². The second-order valence-electron chi connectivity index (χ2n) is 12.9. The number of halogens is 1. The highest BCUT2D eigenvalue weighted by molar-refractivity contribution is 6.34. The van der Waals surface area contributed by atoms with Gasteiger partial charge in [0.25, 0.3) is 5.91 Å². The van der Waals surface area contributed by atoms with Crippen molar-refractivity contribution in [3.8, 4) is 22.5 Å². The number of anilines is 1. The first-order valence-corrected chi connectivity index (χ1v) is 17.3. The molecule has 13 heteroatoms. The molecule has 0 unspecified atom stereocenters. The largest absolute Gasteiger partial charge is 0.349 e. The lowest BCUT2D eigenvalue weighted by molar-refractivity contribution is -0.130. The Morgan fingerprint density at radius 1 is 0.878 bits per heavy atom. The first-order chi connectivity index (χ1) is 23.9. The molecular formula is C36H42ClN9O3. The third kappa shape index (κ3) is 8.88. The van der Waals surface area contributed by atoms with E-state index in [4.69, 9.17) is 17.3 Å². The molecule has 2 fully saturated rings. The number of hydrogen-bond donors (Lipinski definition) is 6. The van der Waals surface area contributed by atoms with Crippen LogP contribution >= 0.6 is 11.6 Å². The standard InChI is InChI=1S/C36H42ClN9O3/c37-31-20-27(11-14-30(31)35(48)40-29-15-17-39-18-16-29)24-5-1-22(2-6-24)19-32(42-34(47)26-7-3-23(21-38)4-8-26)36(49)41-28-12-9-25(10-13-28)33-43-45-46-44-33/h1-2,5-6,9-14,20,23,26,29,32,39H,3-4,7-8,15-19,21,38H2,(H,40,48)(H,41,49)(H,42,47)(H,43,44,45,46)/t23?,26?,32-/m0/s1. The summed E-state index contributed by atoms with van der Waals surface area (Å²) in [5, 5.41) is 26.8. The Morgan fingerprint density at radius 2 is 1.57 bits per heavy atom. The number of nitrogens with two attached hydrogens (primary N) is 1. The number of nitrogens with one attached hydrogen (secondary N) is 5. The minimum atomic E-state index is -0.797. The molecule has 256 valence electrons. The second kappa shape index (κ2) is 16.2. The summed E-state index contributed by atoms with van der Waals surface area (Å²) < 4.78 is 0. The molecule has 6 rings (SSSR count). The number of nitrogens with zero attached hydrogens (tertiary/aromatic N) is 3. The lowest BCUT2D eigenvalue weighted by atomic mass is 9.81. The van der Waals surface area contributed by atoms with Crippen LogP contribution in [0, 0.1) is 11.8 Å². The number of hydrogen-bond acceptors (Lipinski definition) is 8. The Bertz CT molecular complexity index is 1720. The molecule has 3 amide bonds. The van der Waals surface area contributed by atoms with Gasteiger partial charge in [-0.05, 0) is 122 Å². The molecule has 1 aromatic heterocycles. The van der Waals surface area contributed by atoms with E-state index in [0.717, 1.165) is 73.9 Å². The van der Waals surface area contributed by atoms with Gasteiger partial charge in [-0.25, -0.2) is 0 Å². The fraction of sp³-hybridized carbons (Fsp3) is 0.389. The van der Waals surface area contributed by atoms with Gasteiger partial charge in [0.05, 0.1) is 10.6 Å². The maximum atomic E-state index is 13.7. The van der Waals surface area contributed by atoms with Gasteiger partial charge in [-0.2, -0.15) is 5.21 Å². The number of H-pyrrole nitrogens is 1. The highest BCUT2D eigenvalue weighted by Crippen LogP contribution is 2.29. The monoisotopic (exact) mass is 683 g/mol. The minimum Gasteiger partial charge on any atom is -0.349 e. The van der Waals surface area contributed by atoms with E-state index in [9.17, 15) is 14.4 Å². The van der Waals surface area contributed by atoms with Gasteiger partial charge >= 0.3 is 0 Å². The van der Waals surface area contributed by atoms with Crippen LogP contribution in [0.3, 0.4) is 0 Å². The summed E-state index contributed by atoms with van der Waals surface area (Å²) in [6.45, 7) is 2.41. The highest BCUT2D eigenvalue weighted by atomic mass is 35.5. The molecule has 2 heterocycles. The zero-order valence-electron chi connectivity index (χ0n) is 27.3. The average molecular weight is 684 g/mol. The van der Waals surface area contributed by atoms with Crippen LogP contribution in [0.15, 0.2) is 66.7 Å². The molecule has 7 N–H and O–H groups in total. The summed E-state index contributed by atoms with van der Waals surface area (Å²) in [6.07, 6.45) is 5.43. The number of tetrazole rings is 1. The van der Waals surface area contributed by atoms with Crippen molar-refractivity contribution in [2.24, 2.45) is 17.6 Å². The van der Waals surface area contributed by atoms with E-state index in [1.54, 1.807) is 36.4 Å². The van der Waals surface area contributed by atoms with Gasteiger partial charge in [0, 0.05) is 29.6 Å². The normalized spacial score (nSPS) is 18.7. The van der Waals surface area contributed by atoms with Gasteiger partial charge in [0.1, 0.15) is 6.04 Å². The Labute approximate surface area is 290 Å². The van der Waals surface area contributed by atoms with Crippen LogP contribution in [0.5, 0.6) is 0 Å². The molecule has 0 spiro atoms. The third-order valence-corrected chi connectivity index (χ3v) is 9.87. The summed E-state index contributed by atoms with van der Waals surface area (Å²) in [4.78, 5) is 39.9. The topological polar surface area (TPSA) is 180 Å². The average Bonchev–Trinajstić information content (AvgIpc) is 3.68. The predicted octanol–water partition coefficient (Wildman–Crippen LogP) is 4.10. The van der Waals surface area contributed by atoms with Crippen molar-refractivity contribution in [3.05, 3.63) is 82.9 Å². The summed E-state index contributed by atoms with van der Waals surface area (Å²) in [6, 6.07) is 19.7. The molecule has 3 aromatic carbocycles. The van der Waals surface area contributed by atoms with Crippen molar-refractivity contribution >= 4 is 35.0 Å². The molecule has 1 saturated carbocycles. The first kappa shape index (κ1) is 34.2. The van der Waals surface area contributed by atoms with Crippen LogP contribution < -0.4 is 27.0 Å². The first-order valence-electron chi connectivity index (χ1n) is 16.9. The van der Waals surface area contributed by atoms with Crippen molar-refractivity contribution in [2.75, 3.05) is 25.0 Å². The van der Waals surface area contributed by atoms with E-state index in [0.29, 0.717) is 41.0 Å². The van der Waals surface area contributed by atoms with Gasteiger partial charge in [-0.3, -0.25) is 14.4 Å². The molecule has 2 aliphatic rings. The summed E-state index contributed by atoms with van der Waals surface area (Å²) in [5.41, 5.74) is 10.3. The minimum absolute atomic E-state index is 0.112. The maximum Gasteiger partial charge on any atom is 0.253 e. The van der Waals surface area contributed by atoms with Crippen LogP contribution in [0.1, 0.15) is 54.4 Å². The zero-order chi connectivity index (χ0) is 34.2. The van der Waals surface area contributed by atoms with Gasteiger partial charge in [-0.1, -0.05) is 41.9 Å². The van der Waals surface area contributed by atoms with E-state index in [1.807, 2.05) is 30.3 Å². The molecule has 1 aliphatic carbocycles. The number of carbonyl (C=O) groups is 3. The van der Waals surface area contributed by atoms with Crippen molar-refractivity contribution in [1.82, 2.24) is 36.6 Å². The number of aromatic nitrogens is 4. The molecule has 12 nitrogen and oxygen atoms in total. The quantitative estimate of drug-likeness (QED) is 0.137. The molecule has 1 aliphatic heterocycles. The zero-order valence-corrected chi connectivity index (χ0v) is 28.0. The smallest absolute Gasteiger partial charge is 0.253 e. The summed E-state index contributed by atoms with van der Waals surface area (Å²) in [5.74, 6) is 0.153. The van der Waals surface area contributed by atoms with Gasteiger partial charge in [0.2, 0.25) is 17.6 Å². The number of aromatic amines is 1. The number of benzene rings is 3. The third-order valence-electron chi connectivity index (χ3n) is 9.56. The van der Waals surface area contributed by atoms with Crippen LogP contribution in [-0.4, -0.2) is 70.1 Å². The van der Waals surface area contributed by atoms with Crippen molar-refractivity contribution in [3.63, 3.8) is 0 Å². The summed E-state index contributed by atoms with van der Waals surface area (Å²) in [7, 11) is 0. The van der Waals surface area contributed by atoms with Crippen LogP contribution in [0.2, 0.25) is 5.02 Å². The fourth-order valence-corrected chi connectivity index (χ4v) is 6.82. The number of carbonyl (C=O) groups excluding carboxylic acids is 3. The molecular weight excluding hydrogens is 642 g/mol. The van der Waals surface area contributed by atoms with E-state index in [1.165, 1.54) is 0 Å². The predicted molar refractivity (Wildman–Crippen MR) is 189 cm³/mol. The van der Waals surface area contributed by atoms with Crippen LogP contribution in [-0.2, 0) is 16.0 Å². The highest BCUT2D eigenvalue weighted by Gasteiger charge is 2.29. The van der Waals surface area contributed by atoms with E-state index < -0.39 is 6.04 Å². The van der Waals surface area contributed by atoms with E-state index in [-0.39, 0.29) is 29.7 Å². The SMILES string of the molecule is NCC1CCC(C(=O)N[C@@H](Cc2ccc(-c3ccc(C(=O)NC4CCNCC4)c(Cl)c3)cc2)C(=O)Nc2ccc(-c3nn[nH]n3)cc2)CC1. The van der Waals surface area contributed by atoms with Gasteiger partial charge < -0.3 is 27.0 Å². The van der Waals surface area contributed by atoms with Crippen molar-refractivity contribution in [2.45, 2.75) is 57.0 Å². The molecule has 0 bridgehead atoms.